The molecular formula is C24H31ClN2O2S. The van der Waals surface area contributed by atoms with Gasteiger partial charge in [-0.15, -0.1) is 11.8 Å². The van der Waals surface area contributed by atoms with E-state index in [1.807, 2.05) is 55.5 Å². The number of unbranched alkanes of at least 4 members (excludes halogenated alkanes) is 1. The van der Waals surface area contributed by atoms with E-state index in [0.717, 1.165) is 24.0 Å². The quantitative estimate of drug-likeness (QED) is 0.481. The van der Waals surface area contributed by atoms with Crippen LogP contribution in [0.4, 0.5) is 0 Å². The number of halogens is 1. The van der Waals surface area contributed by atoms with Gasteiger partial charge in [-0.2, -0.15) is 0 Å². The Bertz CT molecular complexity index is 826. The summed E-state index contributed by atoms with van der Waals surface area (Å²) in [5, 5.41) is 3.64. The van der Waals surface area contributed by atoms with Crippen LogP contribution in [0.15, 0.2) is 48.5 Å². The van der Waals surface area contributed by atoms with Gasteiger partial charge in [0.15, 0.2) is 0 Å². The first-order chi connectivity index (χ1) is 14.4. The van der Waals surface area contributed by atoms with Crippen LogP contribution < -0.4 is 5.32 Å². The highest BCUT2D eigenvalue weighted by molar-refractivity contribution is 7.99. The van der Waals surface area contributed by atoms with Crippen LogP contribution >= 0.6 is 23.4 Å². The van der Waals surface area contributed by atoms with Crippen LogP contribution in [-0.4, -0.2) is 35.1 Å². The van der Waals surface area contributed by atoms with Gasteiger partial charge in [-0.05, 0) is 43.5 Å². The third kappa shape index (κ3) is 8.04. The Kier molecular flexibility index (Phi) is 10.2. The first-order valence-electron chi connectivity index (χ1n) is 10.4. The van der Waals surface area contributed by atoms with Crippen molar-refractivity contribution in [3.05, 3.63) is 70.2 Å². The zero-order valence-corrected chi connectivity index (χ0v) is 19.6. The molecule has 2 aromatic carbocycles. The molecule has 2 rings (SSSR count). The SMILES string of the molecule is CCCCNC(=O)[C@H](C)N(Cc1ccc(C)cc1)C(=O)CSCc1cccc(Cl)c1. The molecule has 0 bridgehead atoms. The average molecular weight is 447 g/mol. The van der Waals surface area contributed by atoms with E-state index in [4.69, 9.17) is 11.6 Å². The van der Waals surface area contributed by atoms with E-state index in [0.29, 0.717) is 29.6 Å². The van der Waals surface area contributed by atoms with Gasteiger partial charge in [0.05, 0.1) is 5.75 Å². The Labute approximate surface area is 189 Å². The molecule has 162 valence electrons. The molecule has 0 unspecified atom stereocenters. The maximum atomic E-state index is 13.0. The highest BCUT2D eigenvalue weighted by atomic mass is 35.5. The van der Waals surface area contributed by atoms with Crippen molar-refractivity contribution >= 4 is 35.2 Å². The molecule has 0 aliphatic carbocycles. The zero-order chi connectivity index (χ0) is 21.9. The predicted octanol–water partition coefficient (Wildman–Crippen LogP) is 5.22. The number of nitrogens with one attached hydrogen (secondary N) is 1. The van der Waals surface area contributed by atoms with Gasteiger partial charge in [0.1, 0.15) is 6.04 Å². The van der Waals surface area contributed by atoms with E-state index in [1.165, 1.54) is 17.3 Å². The largest absolute Gasteiger partial charge is 0.354 e. The van der Waals surface area contributed by atoms with Crippen LogP contribution in [0.1, 0.15) is 43.4 Å². The highest BCUT2D eigenvalue weighted by Crippen LogP contribution is 2.18. The Morgan fingerprint density at radius 3 is 2.53 bits per heavy atom. The average Bonchev–Trinajstić information content (AvgIpc) is 2.73. The summed E-state index contributed by atoms with van der Waals surface area (Å²) in [6.07, 6.45) is 1.95. The molecule has 1 atom stereocenters. The van der Waals surface area contributed by atoms with Crippen molar-refractivity contribution in [1.29, 1.82) is 0 Å². The number of aryl methyl sites for hydroxylation is 1. The van der Waals surface area contributed by atoms with Gasteiger partial charge >= 0.3 is 0 Å². The minimum absolute atomic E-state index is 0.0410. The number of thioether (sulfide) groups is 1. The number of nitrogens with zero attached hydrogens (tertiary/aromatic N) is 1. The van der Waals surface area contributed by atoms with Crippen molar-refractivity contribution in [3.8, 4) is 0 Å². The lowest BCUT2D eigenvalue weighted by Crippen LogP contribution is -2.48. The standard InChI is InChI=1S/C24H31ClN2O2S/c1-4-5-13-26-24(29)19(3)27(15-20-11-9-18(2)10-12-20)23(28)17-30-16-21-7-6-8-22(25)14-21/h6-12,14,19H,4-5,13,15-17H2,1-3H3,(H,26,29)/t19-/m0/s1. The lowest BCUT2D eigenvalue weighted by atomic mass is 10.1. The predicted molar refractivity (Wildman–Crippen MR) is 127 cm³/mol. The second kappa shape index (κ2) is 12.7. The van der Waals surface area contributed by atoms with Gasteiger partial charge in [0.25, 0.3) is 0 Å². The normalized spacial score (nSPS) is 11.7. The van der Waals surface area contributed by atoms with E-state index in [-0.39, 0.29) is 11.8 Å². The summed E-state index contributed by atoms with van der Waals surface area (Å²) in [6, 6.07) is 15.2. The van der Waals surface area contributed by atoms with E-state index in [1.54, 1.807) is 11.8 Å². The first-order valence-corrected chi connectivity index (χ1v) is 11.9. The fourth-order valence-corrected chi connectivity index (χ4v) is 4.05. The Balaban J connectivity index is 2.03. The number of hydrogen-bond acceptors (Lipinski definition) is 3. The molecular weight excluding hydrogens is 416 g/mol. The second-order valence-electron chi connectivity index (χ2n) is 7.45. The van der Waals surface area contributed by atoms with Crippen molar-refractivity contribution in [2.75, 3.05) is 12.3 Å². The van der Waals surface area contributed by atoms with Crippen LogP contribution in [-0.2, 0) is 21.9 Å². The molecule has 1 N–H and O–H groups in total. The van der Waals surface area contributed by atoms with E-state index >= 15 is 0 Å². The van der Waals surface area contributed by atoms with Gasteiger partial charge in [0, 0.05) is 23.9 Å². The summed E-state index contributed by atoms with van der Waals surface area (Å²) in [6.45, 7) is 6.97. The van der Waals surface area contributed by atoms with Gasteiger partial charge < -0.3 is 10.2 Å². The molecule has 0 saturated carbocycles. The summed E-state index contributed by atoms with van der Waals surface area (Å²) in [4.78, 5) is 27.3. The molecule has 0 saturated heterocycles. The number of benzene rings is 2. The van der Waals surface area contributed by atoms with Crippen LogP contribution in [0.5, 0.6) is 0 Å². The van der Waals surface area contributed by atoms with Crippen LogP contribution in [0.2, 0.25) is 5.02 Å². The van der Waals surface area contributed by atoms with Gasteiger partial charge in [0.2, 0.25) is 11.8 Å². The molecule has 0 radical (unpaired) electrons. The molecule has 0 aromatic heterocycles. The van der Waals surface area contributed by atoms with E-state index < -0.39 is 6.04 Å². The number of amides is 2. The van der Waals surface area contributed by atoms with Crippen LogP contribution in [0, 0.1) is 6.92 Å². The van der Waals surface area contributed by atoms with Crippen molar-refractivity contribution in [1.82, 2.24) is 10.2 Å². The number of rotatable bonds is 11. The number of carbonyl (C=O) groups excluding carboxylic acids is 2. The second-order valence-corrected chi connectivity index (χ2v) is 8.87. The molecule has 0 spiro atoms. The Morgan fingerprint density at radius 2 is 1.87 bits per heavy atom. The van der Waals surface area contributed by atoms with Gasteiger partial charge in [-0.3, -0.25) is 9.59 Å². The topological polar surface area (TPSA) is 49.4 Å². The van der Waals surface area contributed by atoms with Gasteiger partial charge in [-0.1, -0.05) is 66.9 Å². The lowest BCUT2D eigenvalue weighted by molar-refractivity contribution is -0.138. The zero-order valence-electron chi connectivity index (χ0n) is 18.0. The molecule has 0 heterocycles. The molecule has 0 fully saturated rings. The van der Waals surface area contributed by atoms with Crippen molar-refractivity contribution in [2.24, 2.45) is 0 Å². The monoisotopic (exact) mass is 446 g/mol. The van der Waals surface area contributed by atoms with Crippen LogP contribution in [0.25, 0.3) is 0 Å². The lowest BCUT2D eigenvalue weighted by Gasteiger charge is -2.29. The minimum atomic E-state index is -0.526. The summed E-state index contributed by atoms with van der Waals surface area (Å²) in [5.74, 6) is 0.858. The minimum Gasteiger partial charge on any atom is -0.354 e. The summed E-state index contributed by atoms with van der Waals surface area (Å²) < 4.78 is 0. The fourth-order valence-electron chi connectivity index (χ4n) is 2.97. The molecule has 2 aromatic rings. The maximum Gasteiger partial charge on any atom is 0.242 e. The van der Waals surface area contributed by atoms with Crippen LogP contribution in [0.3, 0.4) is 0 Å². The highest BCUT2D eigenvalue weighted by Gasteiger charge is 2.25. The molecule has 4 nitrogen and oxygen atoms in total. The third-order valence-corrected chi connectivity index (χ3v) is 6.08. The van der Waals surface area contributed by atoms with Crippen molar-refractivity contribution in [2.45, 2.75) is 52.0 Å². The smallest absolute Gasteiger partial charge is 0.242 e. The van der Waals surface area contributed by atoms with Gasteiger partial charge in [-0.25, -0.2) is 0 Å². The first kappa shape index (κ1) is 24.3. The van der Waals surface area contributed by atoms with Crippen molar-refractivity contribution < 1.29 is 9.59 Å². The summed E-state index contributed by atoms with van der Waals surface area (Å²) >= 11 is 7.57. The molecule has 6 heteroatoms. The molecule has 2 amide bonds. The van der Waals surface area contributed by atoms with Crippen molar-refractivity contribution in [3.63, 3.8) is 0 Å². The summed E-state index contributed by atoms with van der Waals surface area (Å²) in [5.41, 5.74) is 3.26. The summed E-state index contributed by atoms with van der Waals surface area (Å²) in [7, 11) is 0. The third-order valence-electron chi connectivity index (χ3n) is 4.85. The maximum absolute atomic E-state index is 13.0. The molecule has 30 heavy (non-hydrogen) atoms. The number of carbonyl (C=O) groups is 2. The number of hydrogen-bond donors (Lipinski definition) is 1. The molecule has 0 aliphatic rings. The Morgan fingerprint density at radius 1 is 1.13 bits per heavy atom. The van der Waals surface area contributed by atoms with E-state index in [9.17, 15) is 9.59 Å². The fraction of sp³-hybridized carbons (Fsp3) is 0.417. The van der Waals surface area contributed by atoms with E-state index in [2.05, 4.69) is 12.2 Å². The molecule has 0 aliphatic heterocycles. The Hall–Kier alpha value is -1.98.